The number of nitrogens with zero attached hydrogens (tertiary/aromatic N) is 2. The largest absolute Gasteiger partial charge is 0.497 e. The topological polar surface area (TPSA) is 77.3 Å². The third-order valence-electron chi connectivity index (χ3n) is 2.76. The predicted molar refractivity (Wildman–Crippen MR) is 78.7 cm³/mol. The fraction of sp³-hybridized carbons (Fsp3) is 0.308. The summed E-state index contributed by atoms with van der Waals surface area (Å²) in [5.41, 5.74) is 1.49. The van der Waals surface area contributed by atoms with Crippen LogP contribution in [0.15, 0.2) is 23.6 Å². The molecule has 6 nitrogen and oxygen atoms in total. The second kappa shape index (κ2) is 6.33. The monoisotopic (exact) mass is 293 g/mol. The molecule has 0 fully saturated rings. The summed E-state index contributed by atoms with van der Waals surface area (Å²) in [6.45, 7) is 2.53. The number of rotatable bonds is 6. The first-order valence-electron chi connectivity index (χ1n) is 6.07. The third-order valence-corrected chi connectivity index (χ3v) is 3.59. The maximum atomic E-state index is 11.0. The molecule has 2 rings (SSSR count). The highest BCUT2D eigenvalue weighted by Gasteiger charge is 2.14. The summed E-state index contributed by atoms with van der Waals surface area (Å²) in [7, 11) is 1.53. The van der Waals surface area contributed by atoms with Gasteiger partial charge in [0.15, 0.2) is 0 Å². The van der Waals surface area contributed by atoms with Gasteiger partial charge in [-0.2, -0.15) is 0 Å². The summed E-state index contributed by atoms with van der Waals surface area (Å²) in [6, 6.07) is 4.64. The smallest absolute Gasteiger partial charge is 0.292 e. The Bertz CT molecular complexity index is 613. The van der Waals surface area contributed by atoms with Gasteiger partial charge in [-0.3, -0.25) is 10.1 Å². The van der Waals surface area contributed by atoms with Crippen molar-refractivity contribution >= 4 is 22.7 Å². The van der Waals surface area contributed by atoms with Crippen LogP contribution in [0.3, 0.4) is 0 Å². The highest BCUT2D eigenvalue weighted by molar-refractivity contribution is 7.09. The molecule has 0 unspecified atom stereocenters. The standard InChI is InChI=1S/C13H15N3O3S/c1-9-15-10(8-20-9)5-6-14-12-7-11(19-2)3-4-13(12)16(17)18/h3-4,7-8,14H,5-6H2,1-2H3. The third kappa shape index (κ3) is 3.45. The van der Waals surface area contributed by atoms with Crippen molar-refractivity contribution in [1.29, 1.82) is 0 Å². The lowest BCUT2D eigenvalue weighted by atomic mass is 10.2. The number of aryl methyl sites for hydroxylation is 1. The first-order chi connectivity index (χ1) is 9.60. The van der Waals surface area contributed by atoms with Crippen molar-refractivity contribution in [3.63, 3.8) is 0 Å². The summed E-state index contributed by atoms with van der Waals surface area (Å²) in [5.74, 6) is 0.586. The van der Waals surface area contributed by atoms with Gasteiger partial charge < -0.3 is 10.1 Å². The Balaban J connectivity index is 2.05. The minimum Gasteiger partial charge on any atom is -0.497 e. The van der Waals surface area contributed by atoms with Gasteiger partial charge in [-0.05, 0) is 13.0 Å². The second-order valence-corrected chi connectivity index (χ2v) is 5.24. The molecule has 2 aromatic rings. The van der Waals surface area contributed by atoms with Gasteiger partial charge in [-0.25, -0.2) is 4.98 Å². The Morgan fingerprint density at radius 2 is 2.30 bits per heavy atom. The summed E-state index contributed by atoms with van der Waals surface area (Å²) >= 11 is 1.60. The van der Waals surface area contributed by atoms with Crippen molar-refractivity contribution in [3.05, 3.63) is 44.4 Å². The van der Waals surface area contributed by atoms with Gasteiger partial charge in [0.05, 0.1) is 22.7 Å². The lowest BCUT2D eigenvalue weighted by molar-refractivity contribution is -0.384. The number of aromatic nitrogens is 1. The lowest BCUT2D eigenvalue weighted by Crippen LogP contribution is -2.07. The zero-order valence-electron chi connectivity index (χ0n) is 11.3. The zero-order valence-corrected chi connectivity index (χ0v) is 12.1. The maximum Gasteiger partial charge on any atom is 0.292 e. The number of nitrogens with one attached hydrogen (secondary N) is 1. The fourth-order valence-electron chi connectivity index (χ4n) is 1.79. The fourth-order valence-corrected chi connectivity index (χ4v) is 2.44. The molecule has 106 valence electrons. The Morgan fingerprint density at radius 1 is 1.50 bits per heavy atom. The first-order valence-corrected chi connectivity index (χ1v) is 6.95. The molecule has 0 amide bonds. The van der Waals surface area contributed by atoms with E-state index >= 15 is 0 Å². The van der Waals surface area contributed by atoms with E-state index in [1.165, 1.54) is 13.2 Å². The van der Waals surface area contributed by atoms with Gasteiger partial charge >= 0.3 is 0 Å². The number of ether oxygens (including phenoxy) is 1. The molecule has 0 saturated carbocycles. The Morgan fingerprint density at radius 3 is 2.90 bits per heavy atom. The van der Waals surface area contributed by atoms with Crippen LogP contribution in [0, 0.1) is 17.0 Å². The molecule has 0 spiro atoms. The van der Waals surface area contributed by atoms with Crippen LogP contribution in [0.2, 0.25) is 0 Å². The van der Waals surface area contributed by atoms with E-state index in [1.807, 2.05) is 12.3 Å². The molecule has 1 heterocycles. The summed E-state index contributed by atoms with van der Waals surface area (Å²) in [6.07, 6.45) is 0.721. The summed E-state index contributed by atoms with van der Waals surface area (Å²) < 4.78 is 5.08. The number of benzene rings is 1. The Kier molecular flexibility index (Phi) is 4.52. The van der Waals surface area contributed by atoms with E-state index in [-0.39, 0.29) is 5.69 Å². The van der Waals surface area contributed by atoms with Gasteiger partial charge in [-0.1, -0.05) is 0 Å². The number of nitro groups is 1. The molecule has 20 heavy (non-hydrogen) atoms. The number of hydrogen-bond donors (Lipinski definition) is 1. The van der Waals surface area contributed by atoms with Crippen LogP contribution in [0.25, 0.3) is 0 Å². The number of methoxy groups -OCH3 is 1. The van der Waals surface area contributed by atoms with Gasteiger partial charge in [-0.15, -0.1) is 11.3 Å². The van der Waals surface area contributed by atoms with E-state index in [1.54, 1.807) is 23.5 Å². The first kappa shape index (κ1) is 14.3. The molecule has 1 aromatic heterocycles. The molecule has 1 aromatic carbocycles. The molecule has 7 heteroatoms. The SMILES string of the molecule is COc1ccc([N+](=O)[O-])c(NCCc2csc(C)n2)c1. The van der Waals surface area contributed by atoms with Crippen molar-refractivity contribution in [2.45, 2.75) is 13.3 Å². The minimum atomic E-state index is -0.408. The molecular weight excluding hydrogens is 278 g/mol. The molecule has 0 aliphatic carbocycles. The van der Waals surface area contributed by atoms with Crippen LogP contribution in [0.1, 0.15) is 10.7 Å². The van der Waals surface area contributed by atoms with Crippen molar-refractivity contribution < 1.29 is 9.66 Å². The molecule has 0 saturated heterocycles. The minimum absolute atomic E-state index is 0.0419. The van der Waals surface area contributed by atoms with Crippen LogP contribution < -0.4 is 10.1 Å². The van der Waals surface area contributed by atoms with E-state index in [0.717, 1.165) is 17.1 Å². The molecular formula is C13H15N3O3S. The number of nitro benzene ring substituents is 1. The summed E-state index contributed by atoms with van der Waals surface area (Å²) in [5, 5.41) is 17.1. The number of thiazole rings is 1. The highest BCUT2D eigenvalue weighted by atomic mass is 32.1. The van der Waals surface area contributed by atoms with E-state index in [9.17, 15) is 10.1 Å². The summed E-state index contributed by atoms with van der Waals surface area (Å²) in [4.78, 5) is 14.9. The van der Waals surface area contributed by atoms with Crippen LogP contribution in [0.5, 0.6) is 5.75 Å². The average Bonchev–Trinajstić information content (AvgIpc) is 2.84. The molecule has 0 atom stereocenters. The van der Waals surface area contributed by atoms with Crippen molar-refractivity contribution in [1.82, 2.24) is 4.98 Å². The molecule has 0 aliphatic rings. The van der Waals surface area contributed by atoms with Gasteiger partial charge in [0, 0.05) is 30.5 Å². The van der Waals surface area contributed by atoms with Gasteiger partial charge in [0.2, 0.25) is 0 Å². The lowest BCUT2D eigenvalue weighted by Gasteiger charge is -2.08. The van der Waals surface area contributed by atoms with Crippen LogP contribution in [-0.4, -0.2) is 23.6 Å². The normalized spacial score (nSPS) is 10.3. The highest BCUT2D eigenvalue weighted by Crippen LogP contribution is 2.28. The van der Waals surface area contributed by atoms with Crippen molar-refractivity contribution in [2.24, 2.45) is 0 Å². The average molecular weight is 293 g/mol. The van der Waals surface area contributed by atoms with E-state index in [4.69, 9.17) is 4.74 Å². The number of anilines is 1. The second-order valence-electron chi connectivity index (χ2n) is 4.17. The van der Waals surface area contributed by atoms with Gasteiger partial charge in [0.1, 0.15) is 11.4 Å². The zero-order chi connectivity index (χ0) is 14.5. The van der Waals surface area contributed by atoms with Crippen LogP contribution in [0.4, 0.5) is 11.4 Å². The Hall–Kier alpha value is -2.15. The molecule has 0 aliphatic heterocycles. The van der Waals surface area contributed by atoms with Crippen LogP contribution in [-0.2, 0) is 6.42 Å². The van der Waals surface area contributed by atoms with E-state index < -0.39 is 4.92 Å². The maximum absolute atomic E-state index is 11.0. The van der Waals surface area contributed by atoms with E-state index in [0.29, 0.717) is 18.0 Å². The predicted octanol–water partition coefficient (Wildman–Crippen LogP) is 3.02. The van der Waals surface area contributed by atoms with Crippen molar-refractivity contribution in [2.75, 3.05) is 19.0 Å². The van der Waals surface area contributed by atoms with Crippen molar-refractivity contribution in [3.8, 4) is 5.75 Å². The Labute approximate surface area is 120 Å². The number of hydrogen-bond acceptors (Lipinski definition) is 6. The molecule has 1 N–H and O–H groups in total. The quantitative estimate of drug-likeness (QED) is 0.654. The van der Waals surface area contributed by atoms with Crippen LogP contribution >= 0.6 is 11.3 Å². The van der Waals surface area contributed by atoms with Gasteiger partial charge in [0.25, 0.3) is 5.69 Å². The molecule has 0 radical (unpaired) electrons. The molecule has 0 bridgehead atoms. The van der Waals surface area contributed by atoms with E-state index in [2.05, 4.69) is 10.3 Å².